The number of benzene rings is 1. The highest BCUT2D eigenvalue weighted by Crippen LogP contribution is 2.15. The second kappa shape index (κ2) is 11.4. The Morgan fingerprint density at radius 1 is 1.07 bits per heavy atom. The van der Waals surface area contributed by atoms with Crippen LogP contribution >= 0.6 is 35.6 Å². The second-order valence-electron chi connectivity index (χ2n) is 6.72. The number of halogens is 2. The summed E-state index contributed by atoms with van der Waals surface area (Å²) in [5.41, 5.74) is 2.30. The number of nitrogens with one attached hydrogen (secondary N) is 2. The van der Waals surface area contributed by atoms with Gasteiger partial charge in [-0.3, -0.25) is 4.99 Å². The number of likely N-dealkylation sites (N-methyl/N-ethyl adjacent to an activating group) is 1. The van der Waals surface area contributed by atoms with E-state index in [0.29, 0.717) is 13.1 Å². The molecule has 3 rings (SSSR count). The summed E-state index contributed by atoms with van der Waals surface area (Å²) in [6, 6.07) is 12.0. The first-order chi connectivity index (χ1) is 13.1. The molecule has 0 aliphatic carbocycles. The van der Waals surface area contributed by atoms with Gasteiger partial charge in [-0.15, -0.1) is 24.0 Å². The molecule has 0 atom stereocenters. The molecule has 0 unspecified atom stereocenters. The lowest BCUT2D eigenvalue weighted by molar-refractivity contribution is 0.312. The summed E-state index contributed by atoms with van der Waals surface area (Å²) in [6.45, 7) is 5.54. The lowest BCUT2D eigenvalue weighted by atomic mass is 10.2. The highest BCUT2D eigenvalue weighted by molar-refractivity contribution is 14.0. The number of anilines is 1. The molecule has 0 spiro atoms. The SMILES string of the molecule is CN=C(NCc1cccc(Cl)c1)NCc1ccnc(N2CCN(C)CC2)c1.I. The van der Waals surface area contributed by atoms with Gasteiger partial charge in [0.15, 0.2) is 5.96 Å². The molecule has 152 valence electrons. The first kappa shape index (κ1) is 22.7. The van der Waals surface area contributed by atoms with Crippen LogP contribution in [0.1, 0.15) is 11.1 Å². The molecule has 0 saturated carbocycles. The molecule has 0 bridgehead atoms. The third-order valence-electron chi connectivity index (χ3n) is 4.67. The molecule has 6 nitrogen and oxygen atoms in total. The number of aromatic nitrogens is 1. The van der Waals surface area contributed by atoms with Crippen LogP contribution in [0.5, 0.6) is 0 Å². The maximum Gasteiger partial charge on any atom is 0.191 e. The summed E-state index contributed by atoms with van der Waals surface area (Å²) in [6.07, 6.45) is 1.88. The summed E-state index contributed by atoms with van der Waals surface area (Å²) in [5, 5.41) is 7.42. The van der Waals surface area contributed by atoms with E-state index < -0.39 is 0 Å². The Bertz CT molecular complexity index is 777. The molecule has 2 N–H and O–H groups in total. The molecule has 2 heterocycles. The van der Waals surface area contributed by atoms with Crippen molar-refractivity contribution in [3.05, 3.63) is 58.7 Å². The summed E-state index contributed by atoms with van der Waals surface area (Å²) >= 11 is 6.04. The van der Waals surface area contributed by atoms with Crippen LogP contribution in [0.15, 0.2) is 47.6 Å². The Balaban J connectivity index is 0.00000280. The molecule has 2 aromatic rings. The Morgan fingerprint density at radius 3 is 2.39 bits per heavy atom. The van der Waals surface area contributed by atoms with Gasteiger partial charge in [0.2, 0.25) is 0 Å². The van der Waals surface area contributed by atoms with Crippen LogP contribution in [0, 0.1) is 0 Å². The van der Waals surface area contributed by atoms with Crippen molar-refractivity contribution >= 4 is 47.4 Å². The highest BCUT2D eigenvalue weighted by atomic mass is 127. The number of rotatable bonds is 5. The number of hydrogen-bond donors (Lipinski definition) is 2. The molecule has 1 saturated heterocycles. The van der Waals surface area contributed by atoms with E-state index in [0.717, 1.165) is 48.5 Å². The van der Waals surface area contributed by atoms with Gasteiger partial charge in [0.1, 0.15) is 5.82 Å². The summed E-state index contributed by atoms with van der Waals surface area (Å²) in [7, 11) is 3.93. The van der Waals surface area contributed by atoms with Crippen molar-refractivity contribution in [2.75, 3.05) is 45.2 Å². The number of hydrogen-bond acceptors (Lipinski definition) is 4. The van der Waals surface area contributed by atoms with Gasteiger partial charge in [-0.05, 0) is 42.4 Å². The number of nitrogens with zero attached hydrogens (tertiary/aromatic N) is 4. The molecule has 1 aromatic carbocycles. The fourth-order valence-corrected chi connectivity index (χ4v) is 3.23. The smallest absolute Gasteiger partial charge is 0.191 e. The Labute approximate surface area is 189 Å². The molecule has 0 amide bonds. The fourth-order valence-electron chi connectivity index (χ4n) is 3.02. The molecule has 8 heteroatoms. The van der Waals surface area contributed by atoms with E-state index in [-0.39, 0.29) is 24.0 Å². The fraction of sp³-hybridized carbons (Fsp3) is 0.400. The van der Waals surface area contributed by atoms with Crippen LogP contribution in [0.4, 0.5) is 5.82 Å². The minimum Gasteiger partial charge on any atom is -0.354 e. The van der Waals surface area contributed by atoms with E-state index in [2.05, 4.69) is 43.5 Å². The zero-order valence-corrected chi connectivity index (χ0v) is 19.4. The normalized spacial score (nSPS) is 15.1. The maximum atomic E-state index is 6.04. The van der Waals surface area contributed by atoms with Crippen LogP contribution in [-0.2, 0) is 13.1 Å². The highest BCUT2D eigenvalue weighted by Gasteiger charge is 2.15. The van der Waals surface area contributed by atoms with E-state index in [1.54, 1.807) is 7.05 Å². The van der Waals surface area contributed by atoms with Crippen molar-refractivity contribution < 1.29 is 0 Å². The molecular formula is C20H28ClIN6. The predicted molar refractivity (Wildman–Crippen MR) is 128 cm³/mol. The third-order valence-corrected chi connectivity index (χ3v) is 4.90. The Hall–Kier alpha value is -1.58. The average Bonchev–Trinajstić information content (AvgIpc) is 2.69. The van der Waals surface area contributed by atoms with E-state index in [4.69, 9.17) is 11.6 Å². The van der Waals surface area contributed by atoms with Gasteiger partial charge in [0.05, 0.1) is 0 Å². The van der Waals surface area contributed by atoms with Gasteiger partial charge in [0, 0.05) is 57.5 Å². The van der Waals surface area contributed by atoms with E-state index in [1.165, 1.54) is 5.56 Å². The van der Waals surface area contributed by atoms with Crippen molar-refractivity contribution in [2.24, 2.45) is 4.99 Å². The van der Waals surface area contributed by atoms with Gasteiger partial charge < -0.3 is 20.4 Å². The first-order valence-electron chi connectivity index (χ1n) is 9.21. The second-order valence-corrected chi connectivity index (χ2v) is 7.16. The third kappa shape index (κ3) is 6.79. The van der Waals surface area contributed by atoms with Crippen LogP contribution in [0.2, 0.25) is 5.02 Å². The Morgan fingerprint density at radius 2 is 1.75 bits per heavy atom. The molecule has 1 fully saturated rings. The van der Waals surface area contributed by atoms with Crippen molar-refractivity contribution in [1.82, 2.24) is 20.5 Å². The predicted octanol–water partition coefficient (Wildman–Crippen LogP) is 2.97. The maximum absolute atomic E-state index is 6.04. The molecule has 0 radical (unpaired) electrons. The molecule has 1 aliphatic heterocycles. The van der Waals surface area contributed by atoms with E-state index in [9.17, 15) is 0 Å². The number of aliphatic imine (C=N–C) groups is 1. The zero-order chi connectivity index (χ0) is 19.1. The molecular weight excluding hydrogens is 487 g/mol. The van der Waals surface area contributed by atoms with E-state index >= 15 is 0 Å². The van der Waals surface area contributed by atoms with Gasteiger partial charge in [-0.1, -0.05) is 23.7 Å². The van der Waals surface area contributed by atoms with Crippen molar-refractivity contribution in [3.8, 4) is 0 Å². The largest absolute Gasteiger partial charge is 0.354 e. The quantitative estimate of drug-likeness (QED) is 0.365. The van der Waals surface area contributed by atoms with Crippen LogP contribution in [0.3, 0.4) is 0 Å². The zero-order valence-electron chi connectivity index (χ0n) is 16.4. The summed E-state index contributed by atoms with van der Waals surface area (Å²) < 4.78 is 0. The van der Waals surface area contributed by atoms with E-state index in [1.807, 2.05) is 36.5 Å². The van der Waals surface area contributed by atoms with Crippen molar-refractivity contribution in [2.45, 2.75) is 13.1 Å². The van der Waals surface area contributed by atoms with Crippen molar-refractivity contribution in [3.63, 3.8) is 0 Å². The van der Waals surface area contributed by atoms with Crippen LogP contribution < -0.4 is 15.5 Å². The van der Waals surface area contributed by atoms with Gasteiger partial charge in [0.25, 0.3) is 0 Å². The van der Waals surface area contributed by atoms with Crippen LogP contribution in [0.25, 0.3) is 0 Å². The standard InChI is InChI=1S/C20H27ClN6.HI/c1-22-20(24-14-16-4-3-5-18(21)12-16)25-15-17-6-7-23-19(13-17)27-10-8-26(2)9-11-27;/h3-7,12-13H,8-11,14-15H2,1-2H3,(H2,22,24,25);1H. The first-order valence-corrected chi connectivity index (χ1v) is 9.59. The van der Waals surface area contributed by atoms with Crippen molar-refractivity contribution in [1.29, 1.82) is 0 Å². The summed E-state index contributed by atoms with van der Waals surface area (Å²) in [5.74, 6) is 1.80. The average molecular weight is 515 g/mol. The minimum atomic E-state index is 0. The number of piperazine rings is 1. The monoisotopic (exact) mass is 514 g/mol. The number of guanidine groups is 1. The topological polar surface area (TPSA) is 55.8 Å². The molecule has 1 aromatic heterocycles. The molecule has 1 aliphatic rings. The van der Waals surface area contributed by atoms with Gasteiger partial charge in [-0.2, -0.15) is 0 Å². The van der Waals surface area contributed by atoms with Crippen LogP contribution in [-0.4, -0.2) is 56.1 Å². The van der Waals surface area contributed by atoms with Gasteiger partial charge >= 0.3 is 0 Å². The summed E-state index contributed by atoms with van der Waals surface area (Å²) in [4.78, 5) is 13.5. The minimum absolute atomic E-state index is 0. The lowest BCUT2D eigenvalue weighted by Gasteiger charge is -2.33. The lowest BCUT2D eigenvalue weighted by Crippen LogP contribution is -2.44. The number of pyridine rings is 1. The Kier molecular flexibility index (Phi) is 9.27. The van der Waals surface area contributed by atoms with Gasteiger partial charge in [-0.25, -0.2) is 4.98 Å². The molecule has 28 heavy (non-hydrogen) atoms.